The minimum atomic E-state index is -4.57. The van der Waals surface area contributed by atoms with E-state index in [0.717, 1.165) is 6.07 Å². The molecule has 17 heavy (non-hydrogen) atoms. The molecule has 0 unspecified atom stereocenters. The van der Waals surface area contributed by atoms with E-state index in [4.69, 9.17) is 5.11 Å². The first-order valence-electron chi connectivity index (χ1n) is 4.64. The number of nitrogens with zero attached hydrogens (tertiary/aromatic N) is 1. The number of carboxylic acids is 1. The van der Waals surface area contributed by atoms with Gasteiger partial charge in [0.05, 0.1) is 5.56 Å². The highest BCUT2D eigenvalue weighted by molar-refractivity contribution is 5.90. The molecule has 1 N–H and O–H groups in total. The third-order valence-corrected chi connectivity index (χ3v) is 2.32. The van der Waals surface area contributed by atoms with E-state index in [1.165, 1.54) is 13.8 Å². The predicted octanol–water partition coefficient (Wildman–Crippen LogP) is 1.73. The van der Waals surface area contributed by atoms with Crippen LogP contribution in [-0.2, 0) is 6.54 Å². The molecule has 0 fully saturated rings. The molecule has 1 aromatic heterocycles. The molecule has 7 heteroatoms. The second-order valence-corrected chi connectivity index (χ2v) is 3.63. The molecule has 0 saturated carbocycles. The smallest absolute Gasteiger partial charge is 0.406 e. The maximum absolute atomic E-state index is 12.2. The lowest BCUT2D eigenvalue weighted by Crippen LogP contribution is -2.31. The standard InChI is InChI=1S/C10H10F3NO3/c1-5-3-7(15)14(4-10(11,12)13)6(2)8(5)9(16)17/h3H,4H2,1-2H3,(H,16,17). The van der Waals surface area contributed by atoms with Crippen molar-refractivity contribution in [2.45, 2.75) is 26.6 Å². The molecule has 0 aliphatic rings. The molecular weight excluding hydrogens is 239 g/mol. The third kappa shape index (κ3) is 2.86. The van der Waals surface area contributed by atoms with Gasteiger partial charge in [-0.15, -0.1) is 0 Å². The molecule has 0 saturated heterocycles. The van der Waals surface area contributed by atoms with Gasteiger partial charge < -0.3 is 9.67 Å². The molecule has 1 rings (SSSR count). The van der Waals surface area contributed by atoms with Crippen LogP contribution in [0.1, 0.15) is 21.6 Å². The van der Waals surface area contributed by atoms with Gasteiger partial charge in [-0.25, -0.2) is 4.79 Å². The predicted molar refractivity (Wildman–Crippen MR) is 53.2 cm³/mol. The summed E-state index contributed by atoms with van der Waals surface area (Å²) in [7, 11) is 0. The Kier molecular flexibility index (Phi) is 3.30. The van der Waals surface area contributed by atoms with E-state index in [1.54, 1.807) is 0 Å². The van der Waals surface area contributed by atoms with Crippen LogP contribution in [-0.4, -0.2) is 21.8 Å². The number of aromatic nitrogens is 1. The molecule has 0 aliphatic heterocycles. The van der Waals surface area contributed by atoms with Crippen LogP contribution in [0.2, 0.25) is 0 Å². The Morgan fingerprint density at radius 2 is 1.94 bits per heavy atom. The number of halogens is 3. The van der Waals surface area contributed by atoms with Gasteiger partial charge in [-0.2, -0.15) is 13.2 Å². The van der Waals surface area contributed by atoms with Gasteiger partial charge in [-0.1, -0.05) is 0 Å². The summed E-state index contributed by atoms with van der Waals surface area (Å²) >= 11 is 0. The number of pyridine rings is 1. The summed E-state index contributed by atoms with van der Waals surface area (Å²) in [5.41, 5.74) is -1.17. The van der Waals surface area contributed by atoms with Gasteiger partial charge >= 0.3 is 12.1 Å². The van der Waals surface area contributed by atoms with Gasteiger partial charge in [0.2, 0.25) is 0 Å². The zero-order chi connectivity index (χ0) is 13.4. The summed E-state index contributed by atoms with van der Waals surface area (Å²) in [6, 6.07) is 0.891. The molecular formula is C10H10F3NO3. The van der Waals surface area contributed by atoms with Gasteiger partial charge in [0.15, 0.2) is 0 Å². The molecule has 0 spiro atoms. The zero-order valence-corrected chi connectivity index (χ0v) is 9.13. The zero-order valence-electron chi connectivity index (χ0n) is 9.13. The summed E-state index contributed by atoms with van der Waals surface area (Å²) in [4.78, 5) is 22.3. The van der Waals surface area contributed by atoms with Crippen molar-refractivity contribution in [3.05, 3.63) is 33.2 Å². The van der Waals surface area contributed by atoms with Gasteiger partial charge in [-0.05, 0) is 19.4 Å². The van der Waals surface area contributed by atoms with Gasteiger partial charge in [0.25, 0.3) is 5.56 Å². The lowest BCUT2D eigenvalue weighted by molar-refractivity contribution is -0.141. The largest absolute Gasteiger partial charge is 0.478 e. The van der Waals surface area contributed by atoms with Gasteiger partial charge in [0, 0.05) is 11.8 Å². The average Bonchev–Trinajstić information content (AvgIpc) is 2.09. The number of hydrogen-bond acceptors (Lipinski definition) is 2. The van der Waals surface area contributed by atoms with Gasteiger partial charge in [-0.3, -0.25) is 4.79 Å². The summed E-state index contributed by atoms with van der Waals surface area (Å²) in [5, 5.41) is 8.86. The van der Waals surface area contributed by atoms with Crippen molar-refractivity contribution in [3.8, 4) is 0 Å². The van der Waals surface area contributed by atoms with Gasteiger partial charge in [0.1, 0.15) is 6.54 Å². The summed E-state index contributed by atoms with van der Waals surface area (Å²) in [6.07, 6.45) is -4.57. The molecule has 0 atom stereocenters. The fourth-order valence-corrected chi connectivity index (χ4v) is 1.62. The number of carbonyl (C=O) groups is 1. The van der Waals surface area contributed by atoms with E-state index in [1.807, 2.05) is 0 Å². The molecule has 0 aliphatic carbocycles. The van der Waals surface area contributed by atoms with E-state index in [2.05, 4.69) is 0 Å². The minimum absolute atomic E-state index is 0.151. The molecule has 0 bridgehead atoms. The van der Waals surface area contributed by atoms with Crippen molar-refractivity contribution in [3.63, 3.8) is 0 Å². The highest BCUT2D eigenvalue weighted by Gasteiger charge is 2.30. The maximum Gasteiger partial charge on any atom is 0.406 e. The Morgan fingerprint density at radius 1 is 1.41 bits per heavy atom. The fraction of sp³-hybridized carbons (Fsp3) is 0.400. The van der Waals surface area contributed by atoms with Crippen LogP contribution >= 0.6 is 0 Å². The van der Waals surface area contributed by atoms with Crippen LogP contribution in [0.15, 0.2) is 10.9 Å². The first kappa shape index (κ1) is 13.3. The molecule has 0 radical (unpaired) electrons. The number of aromatic carboxylic acids is 1. The Hall–Kier alpha value is -1.79. The minimum Gasteiger partial charge on any atom is -0.478 e. The second kappa shape index (κ2) is 4.23. The Labute approximate surface area is 94.3 Å². The molecule has 0 aromatic carbocycles. The number of hydrogen-bond donors (Lipinski definition) is 1. The average molecular weight is 249 g/mol. The first-order chi connectivity index (χ1) is 7.63. The van der Waals surface area contributed by atoms with Crippen molar-refractivity contribution in [2.75, 3.05) is 0 Å². The number of aryl methyl sites for hydroxylation is 1. The summed E-state index contributed by atoms with van der Waals surface area (Å²) in [5.74, 6) is -1.35. The number of carboxylic acid groups (broad SMARTS) is 1. The highest BCUT2D eigenvalue weighted by Crippen LogP contribution is 2.19. The molecule has 0 amide bonds. The summed E-state index contributed by atoms with van der Waals surface area (Å²) in [6.45, 7) is 1.07. The van der Waals surface area contributed by atoms with E-state index in [9.17, 15) is 22.8 Å². The molecule has 1 heterocycles. The normalized spacial score (nSPS) is 11.6. The van der Waals surface area contributed by atoms with Crippen molar-refractivity contribution in [2.24, 2.45) is 0 Å². The van der Waals surface area contributed by atoms with Crippen LogP contribution < -0.4 is 5.56 Å². The monoisotopic (exact) mass is 249 g/mol. The second-order valence-electron chi connectivity index (χ2n) is 3.63. The SMILES string of the molecule is Cc1cc(=O)n(CC(F)(F)F)c(C)c1C(=O)O. The van der Waals surface area contributed by atoms with Crippen LogP contribution in [0.5, 0.6) is 0 Å². The maximum atomic E-state index is 12.2. The van der Waals surface area contributed by atoms with Crippen LogP contribution in [0.25, 0.3) is 0 Å². The third-order valence-electron chi connectivity index (χ3n) is 2.32. The highest BCUT2D eigenvalue weighted by atomic mass is 19.4. The topological polar surface area (TPSA) is 59.3 Å². The molecule has 1 aromatic rings. The number of alkyl halides is 3. The van der Waals surface area contributed by atoms with Crippen LogP contribution in [0.3, 0.4) is 0 Å². The fourth-order valence-electron chi connectivity index (χ4n) is 1.62. The summed E-state index contributed by atoms with van der Waals surface area (Å²) < 4.78 is 37.1. The van der Waals surface area contributed by atoms with E-state index < -0.39 is 24.2 Å². The first-order valence-corrected chi connectivity index (χ1v) is 4.64. The van der Waals surface area contributed by atoms with E-state index in [0.29, 0.717) is 4.57 Å². The molecule has 94 valence electrons. The quantitative estimate of drug-likeness (QED) is 0.868. The number of rotatable bonds is 2. The molecule has 4 nitrogen and oxygen atoms in total. The van der Waals surface area contributed by atoms with Crippen molar-refractivity contribution in [1.82, 2.24) is 4.57 Å². The Balaban J connectivity index is 3.47. The lowest BCUT2D eigenvalue weighted by Gasteiger charge is -2.15. The van der Waals surface area contributed by atoms with E-state index >= 15 is 0 Å². The van der Waals surface area contributed by atoms with Crippen molar-refractivity contribution < 1.29 is 23.1 Å². The van der Waals surface area contributed by atoms with E-state index in [-0.39, 0.29) is 16.8 Å². The Morgan fingerprint density at radius 3 is 2.35 bits per heavy atom. The Bertz CT molecular complexity index is 517. The lowest BCUT2D eigenvalue weighted by atomic mass is 10.1. The van der Waals surface area contributed by atoms with Crippen molar-refractivity contribution in [1.29, 1.82) is 0 Å². The van der Waals surface area contributed by atoms with Crippen LogP contribution in [0.4, 0.5) is 13.2 Å². The van der Waals surface area contributed by atoms with Crippen molar-refractivity contribution >= 4 is 5.97 Å². The van der Waals surface area contributed by atoms with Crippen LogP contribution in [0, 0.1) is 13.8 Å².